The number of aromatic nitrogens is 2. The number of aryl methyl sites for hydroxylation is 1. The molecule has 0 amide bonds. The number of fused-ring (bicyclic) bond motifs is 1. The molecule has 5 heteroatoms. The Kier molecular flexibility index (Phi) is 3.71. The van der Waals surface area contributed by atoms with Crippen LogP contribution in [0.4, 0.5) is 0 Å². The summed E-state index contributed by atoms with van der Waals surface area (Å²) < 4.78 is 3.05. The van der Waals surface area contributed by atoms with E-state index in [-0.39, 0.29) is 0 Å². The maximum absolute atomic E-state index is 9.02. The number of rotatable bonds is 2. The van der Waals surface area contributed by atoms with Crippen LogP contribution >= 0.6 is 27.5 Å². The van der Waals surface area contributed by atoms with Crippen molar-refractivity contribution in [2.75, 3.05) is 0 Å². The maximum Gasteiger partial charge on any atom is 0.142 e. The molecular weight excluding hydrogens is 350 g/mol. The molecule has 0 bridgehead atoms. The molecule has 3 nitrogen and oxygen atoms in total. The van der Waals surface area contributed by atoms with E-state index in [2.05, 4.69) is 38.5 Å². The minimum Gasteiger partial charge on any atom is -0.324 e. The number of nitriles is 1. The number of halogens is 2. The number of benzene rings is 2. The molecule has 0 aliphatic rings. The summed E-state index contributed by atoms with van der Waals surface area (Å²) in [6.45, 7) is 2.84. The Hall–Kier alpha value is -1.83. The average molecular weight is 361 g/mol. The van der Waals surface area contributed by atoms with Crippen LogP contribution < -0.4 is 0 Å². The fourth-order valence-corrected chi connectivity index (χ4v) is 2.96. The van der Waals surface area contributed by atoms with Gasteiger partial charge in [0.25, 0.3) is 0 Å². The van der Waals surface area contributed by atoms with E-state index in [1.54, 1.807) is 6.07 Å². The molecule has 2 aromatic carbocycles. The summed E-state index contributed by atoms with van der Waals surface area (Å²) in [7, 11) is 0. The zero-order valence-electron chi connectivity index (χ0n) is 11.3. The molecule has 0 fully saturated rings. The molecule has 0 saturated carbocycles. The van der Waals surface area contributed by atoms with Crippen molar-refractivity contribution in [1.29, 1.82) is 5.26 Å². The van der Waals surface area contributed by atoms with E-state index in [9.17, 15) is 0 Å². The summed E-state index contributed by atoms with van der Waals surface area (Å²) in [5, 5.41) is 9.67. The molecule has 0 saturated heterocycles. The van der Waals surface area contributed by atoms with E-state index < -0.39 is 0 Å². The number of hydrogen-bond donors (Lipinski definition) is 0. The first-order valence-electron chi connectivity index (χ1n) is 6.50. The van der Waals surface area contributed by atoms with Gasteiger partial charge < -0.3 is 4.57 Å². The molecule has 1 heterocycles. The van der Waals surface area contributed by atoms with Gasteiger partial charge in [0, 0.05) is 16.6 Å². The molecule has 1 aromatic heterocycles. The van der Waals surface area contributed by atoms with Crippen molar-refractivity contribution in [2.45, 2.75) is 13.5 Å². The van der Waals surface area contributed by atoms with E-state index in [0.717, 1.165) is 33.4 Å². The van der Waals surface area contributed by atoms with Crippen LogP contribution in [-0.4, -0.2) is 9.55 Å². The molecule has 3 rings (SSSR count). The molecule has 0 atom stereocenters. The van der Waals surface area contributed by atoms with Crippen molar-refractivity contribution in [3.05, 3.63) is 51.5 Å². The van der Waals surface area contributed by atoms with Gasteiger partial charge in [-0.3, -0.25) is 0 Å². The van der Waals surface area contributed by atoms with Gasteiger partial charge in [0.2, 0.25) is 0 Å². The second-order valence-electron chi connectivity index (χ2n) is 4.62. The van der Waals surface area contributed by atoms with Crippen LogP contribution in [0.25, 0.3) is 22.4 Å². The molecule has 21 heavy (non-hydrogen) atoms. The molecule has 0 aliphatic carbocycles. The highest BCUT2D eigenvalue weighted by atomic mass is 79.9. The molecule has 0 radical (unpaired) electrons. The van der Waals surface area contributed by atoms with Crippen LogP contribution in [0.5, 0.6) is 0 Å². The quantitative estimate of drug-likeness (QED) is 0.644. The van der Waals surface area contributed by atoms with E-state index in [1.165, 1.54) is 0 Å². The first kappa shape index (κ1) is 14.1. The lowest BCUT2D eigenvalue weighted by Crippen LogP contribution is -1.98. The van der Waals surface area contributed by atoms with Crippen LogP contribution in [0.2, 0.25) is 5.02 Å². The highest BCUT2D eigenvalue weighted by molar-refractivity contribution is 9.10. The average Bonchev–Trinajstić information content (AvgIpc) is 2.86. The first-order chi connectivity index (χ1) is 10.1. The van der Waals surface area contributed by atoms with Crippen molar-refractivity contribution in [1.82, 2.24) is 9.55 Å². The van der Waals surface area contributed by atoms with E-state index in [0.29, 0.717) is 10.6 Å². The van der Waals surface area contributed by atoms with Crippen molar-refractivity contribution in [3.63, 3.8) is 0 Å². The second-order valence-corrected chi connectivity index (χ2v) is 5.94. The van der Waals surface area contributed by atoms with Crippen molar-refractivity contribution in [2.24, 2.45) is 0 Å². The van der Waals surface area contributed by atoms with E-state index in [1.807, 2.05) is 30.3 Å². The first-order valence-corrected chi connectivity index (χ1v) is 7.67. The lowest BCUT2D eigenvalue weighted by Gasteiger charge is -2.08. The van der Waals surface area contributed by atoms with Crippen LogP contribution in [0.1, 0.15) is 12.5 Å². The zero-order valence-corrected chi connectivity index (χ0v) is 13.6. The van der Waals surface area contributed by atoms with Gasteiger partial charge >= 0.3 is 0 Å². The summed E-state index contributed by atoms with van der Waals surface area (Å²) in [6.07, 6.45) is 0. The van der Waals surface area contributed by atoms with Crippen molar-refractivity contribution < 1.29 is 0 Å². The van der Waals surface area contributed by atoms with Gasteiger partial charge in [-0.25, -0.2) is 4.98 Å². The Morgan fingerprint density at radius 3 is 2.81 bits per heavy atom. The van der Waals surface area contributed by atoms with Gasteiger partial charge in [0.1, 0.15) is 5.82 Å². The smallest absolute Gasteiger partial charge is 0.142 e. The third-order valence-corrected chi connectivity index (χ3v) is 4.19. The van der Waals surface area contributed by atoms with Gasteiger partial charge in [0.15, 0.2) is 0 Å². The Morgan fingerprint density at radius 2 is 2.10 bits per heavy atom. The van der Waals surface area contributed by atoms with E-state index >= 15 is 0 Å². The van der Waals surface area contributed by atoms with Crippen LogP contribution in [-0.2, 0) is 6.54 Å². The van der Waals surface area contributed by atoms with Gasteiger partial charge in [-0.05, 0) is 43.3 Å². The summed E-state index contributed by atoms with van der Waals surface area (Å²) in [6, 6.07) is 13.4. The Bertz CT molecular complexity index is 877. The number of hydrogen-bond acceptors (Lipinski definition) is 2. The molecular formula is C16H11BrClN3. The fraction of sp³-hybridized carbons (Fsp3) is 0.125. The van der Waals surface area contributed by atoms with Crippen molar-refractivity contribution in [3.8, 4) is 17.5 Å². The number of imidazole rings is 1. The van der Waals surface area contributed by atoms with Crippen molar-refractivity contribution >= 4 is 38.6 Å². The Morgan fingerprint density at radius 1 is 1.29 bits per heavy atom. The molecule has 0 N–H and O–H groups in total. The van der Waals surface area contributed by atoms with Gasteiger partial charge in [0.05, 0.1) is 27.7 Å². The van der Waals surface area contributed by atoms with Crippen LogP contribution in [0, 0.1) is 11.3 Å². The summed E-state index contributed by atoms with van der Waals surface area (Å²) in [5.41, 5.74) is 3.29. The summed E-state index contributed by atoms with van der Waals surface area (Å²) in [4.78, 5) is 4.67. The van der Waals surface area contributed by atoms with Crippen LogP contribution in [0.3, 0.4) is 0 Å². The minimum absolute atomic E-state index is 0.607. The van der Waals surface area contributed by atoms with Gasteiger partial charge in [-0.2, -0.15) is 5.26 Å². The molecule has 0 unspecified atom stereocenters. The van der Waals surface area contributed by atoms with E-state index in [4.69, 9.17) is 16.9 Å². The number of nitrogens with zero attached hydrogens (tertiary/aromatic N) is 3. The lowest BCUT2D eigenvalue weighted by molar-refractivity contribution is 0.796. The predicted octanol–water partition coefficient (Wildman–Crippen LogP) is 5.01. The normalized spacial score (nSPS) is 10.8. The molecule has 3 aromatic rings. The topological polar surface area (TPSA) is 41.6 Å². The molecule has 0 spiro atoms. The van der Waals surface area contributed by atoms with Gasteiger partial charge in [-0.1, -0.05) is 27.5 Å². The van der Waals surface area contributed by atoms with Gasteiger partial charge in [-0.15, -0.1) is 0 Å². The molecule has 0 aliphatic heterocycles. The largest absolute Gasteiger partial charge is 0.324 e. The highest BCUT2D eigenvalue weighted by Crippen LogP contribution is 2.32. The Balaban J connectivity index is 2.32. The lowest BCUT2D eigenvalue weighted by atomic mass is 10.2. The highest BCUT2D eigenvalue weighted by Gasteiger charge is 2.14. The molecule has 104 valence electrons. The second kappa shape index (κ2) is 5.51. The standard InChI is InChI=1S/C16H11BrClN3/c1-2-21-15-6-3-10(9-19)7-14(15)20-16(21)12-8-11(17)4-5-13(12)18/h3-8H,2H2,1H3. The minimum atomic E-state index is 0.607. The Labute approximate surface area is 135 Å². The fourth-order valence-electron chi connectivity index (χ4n) is 2.39. The predicted molar refractivity (Wildman–Crippen MR) is 88.3 cm³/mol. The zero-order chi connectivity index (χ0) is 15.0. The third kappa shape index (κ3) is 2.44. The maximum atomic E-state index is 9.02. The monoisotopic (exact) mass is 359 g/mol. The SMILES string of the molecule is CCn1c(-c2cc(Br)ccc2Cl)nc2cc(C#N)ccc21. The van der Waals surface area contributed by atoms with Crippen LogP contribution in [0.15, 0.2) is 40.9 Å². The third-order valence-electron chi connectivity index (χ3n) is 3.36. The summed E-state index contributed by atoms with van der Waals surface area (Å²) in [5.74, 6) is 0.814. The summed E-state index contributed by atoms with van der Waals surface area (Å²) >= 11 is 9.79.